The molecule has 0 bridgehead atoms. The lowest BCUT2D eigenvalue weighted by molar-refractivity contribution is 0.645. The Kier molecular flexibility index (Phi) is 5.71. The van der Waals surface area contributed by atoms with Crippen LogP contribution in [0, 0.1) is 0 Å². The predicted molar refractivity (Wildman–Crippen MR) is 108 cm³/mol. The molecule has 0 unspecified atom stereocenters. The van der Waals surface area contributed by atoms with Crippen LogP contribution in [0.4, 0.5) is 10.9 Å². The lowest BCUT2D eigenvalue weighted by Gasteiger charge is -2.35. The zero-order chi connectivity index (χ0) is 16.5. The maximum atomic E-state index is 4.57. The van der Waals surface area contributed by atoms with Crippen LogP contribution < -0.4 is 9.80 Å². The van der Waals surface area contributed by atoms with Gasteiger partial charge in [-0.1, -0.05) is 25.2 Å². The first-order valence-corrected chi connectivity index (χ1v) is 9.97. The molecule has 3 aromatic heterocycles. The summed E-state index contributed by atoms with van der Waals surface area (Å²) in [5, 5.41) is 11.9. The van der Waals surface area contributed by atoms with Crippen LogP contribution >= 0.6 is 35.1 Å². The highest BCUT2D eigenvalue weighted by molar-refractivity contribution is 7.18. The molecule has 1 fully saturated rings. The first kappa shape index (κ1) is 18.3. The van der Waals surface area contributed by atoms with Gasteiger partial charge in [0.15, 0.2) is 0 Å². The highest BCUT2D eigenvalue weighted by atomic mass is 35.5. The van der Waals surface area contributed by atoms with Crippen LogP contribution in [0.5, 0.6) is 0 Å². The number of nitrogens with zero attached hydrogens (tertiary/aromatic N) is 6. The molecule has 4 rings (SSSR count). The highest BCUT2D eigenvalue weighted by Crippen LogP contribution is 2.31. The van der Waals surface area contributed by atoms with Gasteiger partial charge in [0.1, 0.15) is 22.0 Å². The van der Waals surface area contributed by atoms with Gasteiger partial charge >= 0.3 is 0 Å². The molecular weight excluding hydrogens is 376 g/mol. The zero-order valence-electron chi connectivity index (χ0n) is 14.3. The number of hydrogen-bond acceptors (Lipinski definition) is 8. The molecule has 25 heavy (non-hydrogen) atoms. The Labute approximate surface area is 161 Å². The van der Waals surface area contributed by atoms with Gasteiger partial charge in [-0.2, -0.15) is 0 Å². The van der Waals surface area contributed by atoms with E-state index in [0.29, 0.717) is 0 Å². The quantitative estimate of drug-likeness (QED) is 0.673. The maximum Gasteiger partial charge on any atom is 0.208 e. The summed E-state index contributed by atoms with van der Waals surface area (Å²) in [5.74, 6) is 1.07. The van der Waals surface area contributed by atoms with Gasteiger partial charge in [0, 0.05) is 31.1 Å². The van der Waals surface area contributed by atoms with Gasteiger partial charge < -0.3 is 9.80 Å². The Morgan fingerprint density at radius 3 is 2.40 bits per heavy atom. The molecule has 134 valence electrons. The average Bonchev–Trinajstić information content (AvgIpc) is 3.28. The van der Waals surface area contributed by atoms with Crippen molar-refractivity contribution in [1.29, 1.82) is 0 Å². The molecule has 0 radical (unpaired) electrons. The Bertz CT molecular complexity index is 840. The summed E-state index contributed by atoms with van der Waals surface area (Å²) in [6.07, 6.45) is 3.69. The molecule has 3 aromatic rings. The minimum absolute atomic E-state index is 0. The van der Waals surface area contributed by atoms with E-state index in [-0.39, 0.29) is 12.4 Å². The van der Waals surface area contributed by atoms with Crippen molar-refractivity contribution in [3.05, 3.63) is 22.3 Å². The number of rotatable bonds is 4. The Morgan fingerprint density at radius 1 is 0.960 bits per heavy atom. The van der Waals surface area contributed by atoms with Gasteiger partial charge in [0.25, 0.3) is 0 Å². The molecule has 1 aliphatic heterocycles. The van der Waals surface area contributed by atoms with Crippen molar-refractivity contribution in [2.45, 2.75) is 26.7 Å². The molecule has 0 amide bonds. The topological polar surface area (TPSA) is 58.0 Å². The lowest BCUT2D eigenvalue weighted by Crippen LogP contribution is -2.46. The summed E-state index contributed by atoms with van der Waals surface area (Å²) in [6.45, 7) is 8.11. The number of thiophene rings is 1. The largest absolute Gasteiger partial charge is 0.352 e. The molecule has 0 N–H and O–H groups in total. The number of piperazine rings is 1. The fraction of sp³-hybridized carbons (Fsp3) is 0.500. The van der Waals surface area contributed by atoms with E-state index in [1.54, 1.807) is 29.0 Å². The number of aromatic nitrogens is 4. The lowest BCUT2D eigenvalue weighted by atomic mass is 10.2. The predicted octanol–water partition coefficient (Wildman–Crippen LogP) is 3.42. The number of anilines is 2. The van der Waals surface area contributed by atoms with Crippen molar-refractivity contribution in [3.8, 4) is 0 Å². The van der Waals surface area contributed by atoms with Crippen molar-refractivity contribution in [2.24, 2.45) is 0 Å². The van der Waals surface area contributed by atoms with Crippen molar-refractivity contribution >= 4 is 56.2 Å². The van der Waals surface area contributed by atoms with Crippen LogP contribution in [-0.2, 0) is 12.8 Å². The van der Waals surface area contributed by atoms with Crippen LogP contribution in [0.3, 0.4) is 0 Å². The van der Waals surface area contributed by atoms with Crippen LogP contribution in [0.25, 0.3) is 10.2 Å². The van der Waals surface area contributed by atoms with E-state index in [2.05, 4.69) is 49.9 Å². The number of halogens is 1. The second-order valence-corrected chi connectivity index (χ2v) is 7.94. The zero-order valence-corrected chi connectivity index (χ0v) is 16.8. The van der Waals surface area contributed by atoms with Gasteiger partial charge in [0.05, 0.1) is 5.39 Å². The van der Waals surface area contributed by atoms with E-state index in [0.717, 1.165) is 59.8 Å². The highest BCUT2D eigenvalue weighted by Gasteiger charge is 2.22. The molecule has 0 aromatic carbocycles. The molecule has 4 heterocycles. The number of hydrogen-bond donors (Lipinski definition) is 0. The minimum atomic E-state index is 0. The van der Waals surface area contributed by atoms with Gasteiger partial charge in [-0.05, 0) is 18.9 Å². The third-order valence-electron chi connectivity index (χ3n) is 4.32. The van der Waals surface area contributed by atoms with E-state index >= 15 is 0 Å². The Balaban J connectivity index is 0.00000182. The van der Waals surface area contributed by atoms with Gasteiger partial charge in [-0.25, -0.2) is 9.97 Å². The smallest absolute Gasteiger partial charge is 0.208 e. The molecule has 9 heteroatoms. The van der Waals surface area contributed by atoms with E-state index in [4.69, 9.17) is 0 Å². The third kappa shape index (κ3) is 3.56. The van der Waals surface area contributed by atoms with Crippen LogP contribution in [0.15, 0.2) is 12.4 Å². The standard InChI is InChI=1S/C16H20N6S2.ClH/c1-3-11-9-12-14(17-10-18-15(12)23-11)21-5-7-22(8-6-21)16-20-19-13(4-2)24-16;/h9-10H,3-8H2,1-2H3;1H. The fourth-order valence-corrected chi connectivity index (χ4v) is 4.70. The number of fused-ring (bicyclic) bond motifs is 1. The fourth-order valence-electron chi connectivity index (χ4n) is 2.94. The third-order valence-corrected chi connectivity index (χ3v) is 6.63. The van der Waals surface area contributed by atoms with Gasteiger partial charge in [0.2, 0.25) is 5.13 Å². The van der Waals surface area contributed by atoms with E-state index in [1.807, 2.05) is 0 Å². The van der Waals surface area contributed by atoms with Gasteiger partial charge in [-0.3, -0.25) is 0 Å². The summed E-state index contributed by atoms with van der Waals surface area (Å²) in [4.78, 5) is 16.2. The Hall–Kier alpha value is -1.51. The molecule has 1 aliphatic rings. The molecule has 6 nitrogen and oxygen atoms in total. The van der Waals surface area contributed by atoms with Crippen molar-refractivity contribution < 1.29 is 0 Å². The first-order chi connectivity index (χ1) is 11.8. The normalized spacial score (nSPS) is 14.8. The summed E-state index contributed by atoms with van der Waals surface area (Å²) in [5.41, 5.74) is 0. The molecular formula is C16H21ClN6S2. The minimum Gasteiger partial charge on any atom is -0.352 e. The monoisotopic (exact) mass is 396 g/mol. The van der Waals surface area contributed by atoms with E-state index in [1.165, 1.54) is 10.3 Å². The van der Waals surface area contributed by atoms with Gasteiger partial charge in [-0.15, -0.1) is 33.9 Å². The van der Waals surface area contributed by atoms with Crippen LogP contribution in [-0.4, -0.2) is 46.3 Å². The molecule has 0 saturated carbocycles. The number of aryl methyl sites for hydroxylation is 2. The molecule has 0 spiro atoms. The second kappa shape index (κ2) is 7.80. The summed E-state index contributed by atoms with van der Waals surface area (Å²) < 4.78 is 0. The SMILES string of the molecule is CCc1cc2c(N3CCN(c4nnc(CC)s4)CC3)ncnc2s1.Cl. The maximum absolute atomic E-state index is 4.57. The second-order valence-electron chi connectivity index (χ2n) is 5.79. The first-order valence-electron chi connectivity index (χ1n) is 8.34. The van der Waals surface area contributed by atoms with Crippen LogP contribution in [0.1, 0.15) is 23.7 Å². The summed E-state index contributed by atoms with van der Waals surface area (Å²) in [7, 11) is 0. The summed E-state index contributed by atoms with van der Waals surface area (Å²) in [6, 6.07) is 2.25. The molecule has 0 atom stereocenters. The molecule has 1 saturated heterocycles. The summed E-state index contributed by atoms with van der Waals surface area (Å²) >= 11 is 3.48. The van der Waals surface area contributed by atoms with Crippen molar-refractivity contribution in [3.63, 3.8) is 0 Å². The van der Waals surface area contributed by atoms with Crippen molar-refractivity contribution in [1.82, 2.24) is 20.2 Å². The van der Waals surface area contributed by atoms with E-state index in [9.17, 15) is 0 Å². The Morgan fingerprint density at radius 2 is 1.72 bits per heavy atom. The van der Waals surface area contributed by atoms with E-state index < -0.39 is 0 Å². The molecule has 0 aliphatic carbocycles. The average molecular weight is 397 g/mol. The van der Waals surface area contributed by atoms with Crippen LogP contribution in [0.2, 0.25) is 0 Å². The van der Waals surface area contributed by atoms with Crippen molar-refractivity contribution in [2.75, 3.05) is 36.0 Å².